The molecule has 104 valence electrons. The fourth-order valence-corrected chi connectivity index (χ4v) is 2.86. The van der Waals surface area contributed by atoms with Crippen molar-refractivity contribution in [1.29, 1.82) is 0 Å². The Bertz CT molecular complexity index is 487. The fraction of sp³-hybridized carbons (Fsp3) is 0.538. The van der Waals surface area contributed by atoms with Gasteiger partial charge in [0, 0.05) is 6.54 Å². The minimum absolute atomic E-state index is 0.0449. The Kier molecular flexibility index (Phi) is 4.48. The second-order valence-corrected chi connectivity index (χ2v) is 6.40. The highest BCUT2D eigenvalue weighted by atomic mass is 79.9. The SMILES string of the molecule is CC(C)C1(C(=O)Nc2cnc(Cl)c(Br)c2)CCNC1. The first-order chi connectivity index (χ1) is 8.95. The van der Waals surface area contributed by atoms with Gasteiger partial charge in [-0.3, -0.25) is 4.79 Å². The van der Waals surface area contributed by atoms with Gasteiger partial charge >= 0.3 is 0 Å². The van der Waals surface area contributed by atoms with Gasteiger partial charge in [-0.2, -0.15) is 0 Å². The maximum Gasteiger partial charge on any atom is 0.232 e. The van der Waals surface area contributed by atoms with Crippen LogP contribution in [-0.2, 0) is 4.79 Å². The van der Waals surface area contributed by atoms with E-state index in [1.807, 2.05) is 0 Å². The van der Waals surface area contributed by atoms with Crippen molar-refractivity contribution in [2.24, 2.45) is 11.3 Å². The highest BCUT2D eigenvalue weighted by molar-refractivity contribution is 9.10. The number of amides is 1. The average molecular weight is 347 g/mol. The van der Waals surface area contributed by atoms with Gasteiger partial charge < -0.3 is 10.6 Å². The summed E-state index contributed by atoms with van der Waals surface area (Å²) in [7, 11) is 0. The lowest BCUT2D eigenvalue weighted by Crippen LogP contribution is -2.42. The molecule has 0 bridgehead atoms. The molecule has 2 heterocycles. The third-order valence-corrected chi connectivity index (χ3v) is 4.93. The molecule has 1 amide bonds. The summed E-state index contributed by atoms with van der Waals surface area (Å²) in [4.78, 5) is 16.6. The van der Waals surface area contributed by atoms with Crippen molar-refractivity contribution in [3.05, 3.63) is 21.9 Å². The number of carbonyl (C=O) groups excluding carboxylic acids is 1. The molecule has 1 aromatic rings. The maximum atomic E-state index is 12.5. The first-order valence-corrected chi connectivity index (χ1v) is 7.46. The van der Waals surface area contributed by atoms with E-state index in [9.17, 15) is 4.79 Å². The molecule has 1 fully saturated rings. The van der Waals surface area contributed by atoms with E-state index in [0.717, 1.165) is 19.5 Å². The summed E-state index contributed by atoms with van der Waals surface area (Å²) in [5.74, 6) is 0.328. The minimum atomic E-state index is -0.341. The van der Waals surface area contributed by atoms with E-state index in [0.29, 0.717) is 15.3 Å². The van der Waals surface area contributed by atoms with Crippen LogP contribution in [0.3, 0.4) is 0 Å². The summed E-state index contributed by atoms with van der Waals surface area (Å²) in [6.07, 6.45) is 2.43. The number of pyridine rings is 1. The summed E-state index contributed by atoms with van der Waals surface area (Å²) >= 11 is 9.15. The predicted octanol–water partition coefficient (Wildman–Crippen LogP) is 3.07. The van der Waals surface area contributed by atoms with E-state index < -0.39 is 0 Å². The maximum absolute atomic E-state index is 12.5. The lowest BCUT2D eigenvalue weighted by molar-refractivity contribution is -0.126. The molecular weight excluding hydrogens is 330 g/mol. The molecule has 6 heteroatoms. The Morgan fingerprint density at radius 3 is 2.89 bits per heavy atom. The van der Waals surface area contributed by atoms with Crippen molar-refractivity contribution in [3.8, 4) is 0 Å². The molecule has 0 spiro atoms. The Morgan fingerprint density at radius 1 is 1.63 bits per heavy atom. The van der Waals surface area contributed by atoms with Crippen LogP contribution in [0.4, 0.5) is 5.69 Å². The highest BCUT2D eigenvalue weighted by Crippen LogP contribution is 2.35. The Balaban J connectivity index is 2.17. The fourth-order valence-electron chi connectivity index (χ4n) is 2.41. The first kappa shape index (κ1) is 14.8. The molecule has 2 rings (SSSR count). The highest BCUT2D eigenvalue weighted by Gasteiger charge is 2.43. The largest absolute Gasteiger partial charge is 0.324 e. The number of rotatable bonds is 3. The average Bonchev–Trinajstić information content (AvgIpc) is 2.84. The second kappa shape index (κ2) is 5.77. The van der Waals surface area contributed by atoms with Crippen LogP contribution in [0.15, 0.2) is 16.7 Å². The van der Waals surface area contributed by atoms with Crippen LogP contribution >= 0.6 is 27.5 Å². The lowest BCUT2D eigenvalue weighted by atomic mass is 9.75. The number of anilines is 1. The van der Waals surface area contributed by atoms with Crippen LogP contribution < -0.4 is 10.6 Å². The number of nitrogens with zero attached hydrogens (tertiary/aromatic N) is 1. The quantitative estimate of drug-likeness (QED) is 0.827. The van der Waals surface area contributed by atoms with Crippen LogP contribution in [0.5, 0.6) is 0 Å². The summed E-state index contributed by atoms with van der Waals surface area (Å²) in [5.41, 5.74) is 0.319. The summed E-state index contributed by atoms with van der Waals surface area (Å²) in [6, 6.07) is 1.77. The second-order valence-electron chi connectivity index (χ2n) is 5.19. The lowest BCUT2D eigenvalue weighted by Gasteiger charge is -2.31. The predicted molar refractivity (Wildman–Crippen MR) is 80.3 cm³/mol. The van der Waals surface area contributed by atoms with E-state index in [-0.39, 0.29) is 17.2 Å². The molecule has 1 aliphatic rings. The number of hydrogen-bond donors (Lipinski definition) is 2. The standard InChI is InChI=1S/C13H17BrClN3O/c1-8(2)13(3-4-16-7-13)12(19)18-9-5-10(14)11(15)17-6-9/h5-6,8,16H,3-4,7H2,1-2H3,(H,18,19). The molecule has 1 aromatic heterocycles. The van der Waals surface area contributed by atoms with Gasteiger partial charge in [-0.1, -0.05) is 25.4 Å². The minimum Gasteiger partial charge on any atom is -0.324 e. The van der Waals surface area contributed by atoms with Crippen molar-refractivity contribution in [2.45, 2.75) is 20.3 Å². The zero-order chi connectivity index (χ0) is 14.0. The van der Waals surface area contributed by atoms with Gasteiger partial charge in [0.15, 0.2) is 0 Å². The van der Waals surface area contributed by atoms with Crippen molar-refractivity contribution in [2.75, 3.05) is 18.4 Å². The van der Waals surface area contributed by atoms with Crippen LogP contribution in [0, 0.1) is 11.3 Å². The molecule has 2 N–H and O–H groups in total. The van der Waals surface area contributed by atoms with Crippen LogP contribution in [0.1, 0.15) is 20.3 Å². The third-order valence-electron chi connectivity index (χ3n) is 3.80. The van der Waals surface area contributed by atoms with Crippen LogP contribution in [-0.4, -0.2) is 24.0 Å². The monoisotopic (exact) mass is 345 g/mol. The molecule has 0 radical (unpaired) electrons. The molecule has 1 aliphatic heterocycles. The van der Waals surface area contributed by atoms with Gasteiger partial charge in [-0.15, -0.1) is 0 Å². The zero-order valence-corrected chi connectivity index (χ0v) is 13.3. The summed E-state index contributed by atoms with van der Waals surface area (Å²) in [6.45, 7) is 5.78. The first-order valence-electron chi connectivity index (χ1n) is 6.29. The third kappa shape index (κ3) is 2.93. The Labute approximate surface area is 126 Å². The number of hydrogen-bond acceptors (Lipinski definition) is 3. The molecule has 1 atom stereocenters. The van der Waals surface area contributed by atoms with E-state index in [2.05, 4.69) is 45.4 Å². The summed E-state index contributed by atoms with van der Waals surface area (Å²) < 4.78 is 0.676. The van der Waals surface area contributed by atoms with Crippen molar-refractivity contribution in [3.63, 3.8) is 0 Å². The Morgan fingerprint density at radius 2 is 2.37 bits per heavy atom. The number of halogens is 2. The topological polar surface area (TPSA) is 54.0 Å². The molecular formula is C13H17BrClN3O. The van der Waals surface area contributed by atoms with Crippen molar-refractivity contribution < 1.29 is 4.79 Å². The zero-order valence-electron chi connectivity index (χ0n) is 11.0. The van der Waals surface area contributed by atoms with E-state index in [1.165, 1.54) is 0 Å². The van der Waals surface area contributed by atoms with E-state index in [4.69, 9.17) is 11.6 Å². The number of aromatic nitrogens is 1. The van der Waals surface area contributed by atoms with Gasteiger partial charge in [0.05, 0.1) is 21.8 Å². The van der Waals surface area contributed by atoms with E-state index >= 15 is 0 Å². The number of carbonyl (C=O) groups is 1. The van der Waals surface area contributed by atoms with Crippen molar-refractivity contribution >= 4 is 39.1 Å². The number of nitrogens with one attached hydrogen (secondary N) is 2. The van der Waals surface area contributed by atoms with Crippen molar-refractivity contribution in [1.82, 2.24) is 10.3 Å². The van der Waals surface area contributed by atoms with Gasteiger partial charge in [0.1, 0.15) is 5.15 Å². The molecule has 19 heavy (non-hydrogen) atoms. The molecule has 1 unspecified atom stereocenters. The normalized spacial score (nSPS) is 22.8. The van der Waals surface area contributed by atoms with Crippen LogP contribution in [0.25, 0.3) is 0 Å². The molecule has 0 saturated carbocycles. The van der Waals surface area contributed by atoms with Gasteiger partial charge in [-0.25, -0.2) is 4.98 Å². The van der Waals surface area contributed by atoms with Gasteiger partial charge in [-0.05, 0) is 40.9 Å². The van der Waals surface area contributed by atoms with E-state index in [1.54, 1.807) is 12.3 Å². The molecule has 1 saturated heterocycles. The Hall–Kier alpha value is -0.650. The van der Waals surface area contributed by atoms with Crippen LogP contribution in [0.2, 0.25) is 5.15 Å². The molecule has 0 aliphatic carbocycles. The molecule has 4 nitrogen and oxygen atoms in total. The summed E-state index contributed by atoms with van der Waals surface area (Å²) in [5, 5.41) is 6.61. The van der Waals surface area contributed by atoms with Gasteiger partial charge in [0.25, 0.3) is 0 Å². The smallest absolute Gasteiger partial charge is 0.232 e. The van der Waals surface area contributed by atoms with Gasteiger partial charge in [0.2, 0.25) is 5.91 Å². The molecule has 0 aromatic carbocycles.